The van der Waals surface area contributed by atoms with Crippen molar-refractivity contribution in [2.24, 2.45) is 0 Å². The molecule has 0 saturated carbocycles. The first kappa shape index (κ1) is 33.7. The number of fused-ring (bicyclic) bond motifs is 11. The van der Waals surface area contributed by atoms with Crippen molar-refractivity contribution in [3.05, 3.63) is 235 Å². The standard InChI is InChI=1S/C55H35NO2S/c1-3-14-39(15-4-1)56(40-16-5-2-6-17-40)41-30-26-36(27-31-41)37-28-32-46-50(34-37)57-48-22-10-8-20-44(48)55(46)45-21-9-11-23-49(45)58-51-35-38(29-33-47(51)55)42-19-13-25-53-54(42)43-18-7-12-24-52(43)59-53/h1-35H. The van der Waals surface area contributed by atoms with E-state index < -0.39 is 5.41 Å². The van der Waals surface area contributed by atoms with E-state index in [9.17, 15) is 0 Å². The molecule has 9 aromatic carbocycles. The zero-order valence-corrected chi connectivity index (χ0v) is 32.7. The van der Waals surface area contributed by atoms with Crippen LogP contribution in [0.25, 0.3) is 42.4 Å². The largest absolute Gasteiger partial charge is 0.457 e. The van der Waals surface area contributed by atoms with Gasteiger partial charge >= 0.3 is 0 Å². The summed E-state index contributed by atoms with van der Waals surface area (Å²) in [7, 11) is 0. The zero-order valence-electron chi connectivity index (χ0n) is 31.9. The van der Waals surface area contributed by atoms with Crippen molar-refractivity contribution in [3.8, 4) is 45.3 Å². The van der Waals surface area contributed by atoms with Crippen LogP contribution in [0.4, 0.5) is 17.1 Å². The van der Waals surface area contributed by atoms with Crippen LogP contribution in [0, 0.1) is 0 Å². The minimum atomic E-state index is -0.678. The maximum atomic E-state index is 6.92. The first-order valence-electron chi connectivity index (χ1n) is 20.0. The highest BCUT2D eigenvalue weighted by atomic mass is 32.1. The number of hydrogen-bond acceptors (Lipinski definition) is 4. The minimum absolute atomic E-state index is 0.678. The molecular formula is C55H35NO2S. The van der Waals surface area contributed by atoms with E-state index >= 15 is 0 Å². The van der Waals surface area contributed by atoms with Crippen molar-refractivity contribution in [1.82, 2.24) is 0 Å². The fourth-order valence-corrected chi connectivity index (χ4v) is 10.6. The quantitative estimate of drug-likeness (QED) is 0.174. The molecule has 0 aliphatic carbocycles. The van der Waals surface area contributed by atoms with Gasteiger partial charge in [-0.1, -0.05) is 140 Å². The molecule has 4 heteroatoms. The van der Waals surface area contributed by atoms with Gasteiger partial charge in [-0.05, 0) is 95.1 Å². The molecule has 2 aliphatic heterocycles. The van der Waals surface area contributed by atoms with Gasteiger partial charge in [0.2, 0.25) is 0 Å². The Kier molecular flexibility index (Phi) is 7.62. The van der Waals surface area contributed by atoms with Crippen LogP contribution in [0.2, 0.25) is 0 Å². The van der Waals surface area contributed by atoms with Gasteiger partial charge in [-0.2, -0.15) is 0 Å². The van der Waals surface area contributed by atoms with E-state index in [2.05, 4.69) is 217 Å². The second-order valence-electron chi connectivity index (χ2n) is 15.2. The number of rotatable bonds is 5. The summed E-state index contributed by atoms with van der Waals surface area (Å²) in [6.45, 7) is 0. The van der Waals surface area contributed by atoms with Gasteiger partial charge in [0.05, 0.1) is 5.41 Å². The van der Waals surface area contributed by atoms with Gasteiger partial charge in [0.15, 0.2) is 0 Å². The molecular weight excluding hydrogens is 739 g/mol. The molecule has 0 bridgehead atoms. The second kappa shape index (κ2) is 13.3. The van der Waals surface area contributed by atoms with Gasteiger partial charge in [0.1, 0.15) is 23.0 Å². The van der Waals surface area contributed by atoms with Crippen molar-refractivity contribution >= 4 is 48.6 Å². The number of nitrogens with zero attached hydrogens (tertiary/aromatic N) is 1. The van der Waals surface area contributed by atoms with Crippen LogP contribution in [0.3, 0.4) is 0 Å². The van der Waals surface area contributed by atoms with Crippen LogP contribution in [0.15, 0.2) is 212 Å². The Morgan fingerprint density at radius 2 is 0.847 bits per heavy atom. The summed E-state index contributed by atoms with van der Waals surface area (Å²) in [5.41, 5.74) is 11.5. The summed E-state index contributed by atoms with van der Waals surface area (Å²) in [6, 6.07) is 75.7. The molecule has 2 aliphatic rings. The molecule has 10 aromatic rings. The molecule has 59 heavy (non-hydrogen) atoms. The maximum absolute atomic E-state index is 6.92. The SMILES string of the molecule is c1ccc(N(c2ccccc2)c2ccc(-c3ccc4c(c3)Oc3ccccc3C43c4ccccc4Oc4cc(-c5cccc6sc7ccccc7c56)ccc43)cc2)cc1. The molecule has 1 aromatic heterocycles. The maximum Gasteiger partial charge on any atom is 0.132 e. The number of anilines is 3. The molecule has 0 N–H and O–H groups in total. The van der Waals surface area contributed by atoms with E-state index in [1.54, 1.807) is 0 Å². The fraction of sp³-hybridized carbons (Fsp3) is 0.0182. The second-order valence-corrected chi connectivity index (χ2v) is 16.3. The summed E-state index contributed by atoms with van der Waals surface area (Å²) in [5, 5.41) is 2.57. The topological polar surface area (TPSA) is 21.7 Å². The minimum Gasteiger partial charge on any atom is -0.457 e. The average molecular weight is 774 g/mol. The Balaban J connectivity index is 1.01. The zero-order chi connectivity index (χ0) is 38.9. The summed E-state index contributed by atoms with van der Waals surface area (Å²) in [4.78, 5) is 2.29. The third kappa shape index (κ3) is 5.20. The number of thiophene rings is 1. The van der Waals surface area contributed by atoms with E-state index in [1.807, 2.05) is 11.3 Å². The lowest BCUT2D eigenvalue weighted by molar-refractivity contribution is 0.399. The Morgan fingerprint density at radius 3 is 1.51 bits per heavy atom. The van der Waals surface area contributed by atoms with E-state index in [0.717, 1.165) is 79.0 Å². The summed E-state index contributed by atoms with van der Waals surface area (Å²) in [6.07, 6.45) is 0. The van der Waals surface area contributed by atoms with E-state index in [-0.39, 0.29) is 0 Å². The molecule has 278 valence electrons. The molecule has 1 atom stereocenters. The van der Waals surface area contributed by atoms with Crippen LogP contribution in [-0.4, -0.2) is 0 Å². The van der Waals surface area contributed by atoms with Crippen molar-refractivity contribution < 1.29 is 9.47 Å². The normalized spacial score (nSPS) is 14.8. The van der Waals surface area contributed by atoms with E-state index in [1.165, 1.54) is 25.7 Å². The van der Waals surface area contributed by atoms with Crippen LogP contribution in [0.5, 0.6) is 23.0 Å². The lowest BCUT2D eigenvalue weighted by Crippen LogP contribution is -2.36. The van der Waals surface area contributed by atoms with Crippen LogP contribution in [0.1, 0.15) is 22.3 Å². The highest BCUT2D eigenvalue weighted by molar-refractivity contribution is 7.25. The number of para-hydroxylation sites is 4. The molecule has 1 unspecified atom stereocenters. The highest BCUT2D eigenvalue weighted by Gasteiger charge is 2.50. The molecule has 0 amide bonds. The average Bonchev–Trinajstić information content (AvgIpc) is 3.69. The van der Waals surface area contributed by atoms with Crippen LogP contribution >= 0.6 is 11.3 Å². The molecule has 12 rings (SSSR count). The van der Waals surface area contributed by atoms with Crippen LogP contribution < -0.4 is 14.4 Å². The van der Waals surface area contributed by atoms with Crippen molar-refractivity contribution in [2.75, 3.05) is 4.90 Å². The Labute approximate surface area is 346 Å². The molecule has 0 fully saturated rings. The monoisotopic (exact) mass is 773 g/mol. The van der Waals surface area contributed by atoms with Crippen molar-refractivity contribution in [3.63, 3.8) is 0 Å². The third-order valence-electron chi connectivity index (χ3n) is 12.0. The lowest BCUT2D eigenvalue weighted by atomic mass is 9.62. The molecule has 0 radical (unpaired) electrons. The van der Waals surface area contributed by atoms with E-state index in [4.69, 9.17) is 9.47 Å². The molecule has 1 spiro atoms. The predicted molar refractivity (Wildman–Crippen MR) is 243 cm³/mol. The number of benzene rings is 9. The van der Waals surface area contributed by atoms with E-state index in [0.29, 0.717) is 0 Å². The van der Waals surface area contributed by atoms with Gasteiger partial charge in [-0.25, -0.2) is 0 Å². The third-order valence-corrected chi connectivity index (χ3v) is 13.1. The fourth-order valence-electron chi connectivity index (χ4n) is 9.44. The van der Waals surface area contributed by atoms with Crippen molar-refractivity contribution in [2.45, 2.75) is 5.41 Å². The summed E-state index contributed by atoms with van der Waals surface area (Å²) >= 11 is 1.84. The van der Waals surface area contributed by atoms with Gasteiger partial charge in [-0.3, -0.25) is 0 Å². The van der Waals surface area contributed by atoms with Gasteiger partial charge in [0, 0.05) is 59.5 Å². The van der Waals surface area contributed by atoms with Gasteiger partial charge < -0.3 is 14.4 Å². The Morgan fingerprint density at radius 1 is 0.356 bits per heavy atom. The molecule has 3 heterocycles. The van der Waals surface area contributed by atoms with Crippen molar-refractivity contribution in [1.29, 1.82) is 0 Å². The van der Waals surface area contributed by atoms with Crippen LogP contribution in [-0.2, 0) is 5.41 Å². The Hall–Kier alpha value is -7.40. The van der Waals surface area contributed by atoms with Gasteiger partial charge in [0.25, 0.3) is 0 Å². The number of hydrogen-bond donors (Lipinski definition) is 0. The molecule has 0 saturated heterocycles. The smallest absolute Gasteiger partial charge is 0.132 e. The summed E-state index contributed by atoms with van der Waals surface area (Å²) < 4.78 is 16.4. The Bertz CT molecular complexity index is 3170. The lowest BCUT2D eigenvalue weighted by Gasteiger charge is -2.45. The first-order chi connectivity index (χ1) is 29.2. The highest BCUT2D eigenvalue weighted by Crippen LogP contribution is 2.62. The molecule has 3 nitrogen and oxygen atoms in total. The number of ether oxygens (including phenoxy) is 2. The predicted octanol–water partition coefficient (Wildman–Crippen LogP) is 15.5. The first-order valence-corrected chi connectivity index (χ1v) is 20.8. The van der Waals surface area contributed by atoms with Gasteiger partial charge in [-0.15, -0.1) is 11.3 Å². The summed E-state index contributed by atoms with van der Waals surface area (Å²) in [5.74, 6) is 3.37.